The van der Waals surface area contributed by atoms with Crippen LogP contribution in [0.3, 0.4) is 0 Å². The summed E-state index contributed by atoms with van der Waals surface area (Å²) >= 11 is 6.09. The summed E-state index contributed by atoms with van der Waals surface area (Å²) in [7, 11) is 0. The first kappa shape index (κ1) is 16.8. The summed E-state index contributed by atoms with van der Waals surface area (Å²) in [4.78, 5) is 12.0. The molecule has 128 valence electrons. The molecule has 1 aliphatic rings. The van der Waals surface area contributed by atoms with Crippen molar-refractivity contribution in [1.82, 2.24) is 9.78 Å². The lowest BCUT2D eigenvalue weighted by molar-refractivity contribution is -0.145. The zero-order valence-electron chi connectivity index (χ0n) is 13.7. The summed E-state index contributed by atoms with van der Waals surface area (Å²) in [6, 6.07) is 5.52. The maximum atomic E-state index is 12.0. The van der Waals surface area contributed by atoms with Crippen molar-refractivity contribution in [1.29, 1.82) is 0 Å². The van der Waals surface area contributed by atoms with Crippen LogP contribution in [-0.2, 0) is 34.0 Å². The number of benzene rings is 1. The molecule has 0 fully saturated rings. The highest BCUT2D eigenvalue weighted by molar-refractivity contribution is 6.30. The summed E-state index contributed by atoms with van der Waals surface area (Å²) in [5.41, 5.74) is 3.58. The van der Waals surface area contributed by atoms with Crippen LogP contribution in [-0.4, -0.2) is 22.5 Å². The average Bonchev–Trinajstić information content (AvgIpc) is 2.88. The van der Waals surface area contributed by atoms with Gasteiger partial charge in [0.05, 0.1) is 25.3 Å². The molecule has 0 atom stereocenters. The van der Waals surface area contributed by atoms with Gasteiger partial charge in [-0.15, -0.1) is 0 Å². The minimum absolute atomic E-state index is 0.124. The second-order valence-corrected chi connectivity index (χ2v) is 6.16. The van der Waals surface area contributed by atoms with Crippen LogP contribution in [0, 0.1) is 13.8 Å². The molecule has 2 aromatic rings. The van der Waals surface area contributed by atoms with Crippen LogP contribution in [0.5, 0.6) is 5.75 Å². The fourth-order valence-electron chi connectivity index (χ4n) is 2.69. The minimum Gasteiger partial charge on any atom is -0.467 e. The number of fused-ring (bicyclic) bond motifs is 1. The molecule has 0 saturated carbocycles. The first-order valence-corrected chi connectivity index (χ1v) is 8.09. The van der Waals surface area contributed by atoms with E-state index in [1.165, 1.54) is 0 Å². The molecule has 0 radical (unpaired) electrons. The zero-order valence-corrected chi connectivity index (χ0v) is 14.4. The largest absolute Gasteiger partial charge is 0.467 e. The smallest absolute Gasteiger partial charge is 0.308 e. The van der Waals surface area contributed by atoms with Crippen LogP contribution < -0.4 is 4.74 Å². The standard InChI is InChI=1S/C17H19ClN2O4/c1-11-5-12(2)20(19-11)4-3-16(21)23-9-14-7-15(18)6-13-8-22-10-24-17(13)14/h5-7H,3-4,8-10H2,1-2H3. The van der Waals surface area contributed by atoms with Gasteiger partial charge in [0.1, 0.15) is 12.4 Å². The third kappa shape index (κ3) is 3.88. The lowest BCUT2D eigenvalue weighted by atomic mass is 10.1. The first-order valence-electron chi connectivity index (χ1n) is 7.71. The van der Waals surface area contributed by atoms with E-state index >= 15 is 0 Å². The zero-order chi connectivity index (χ0) is 17.1. The van der Waals surface area contributed by atoms with E-state index in [4.69, 9.17) is 25.8 Å². The Labute approximate surface area is 145 Å². The normalized spacial score (nSPS) is 13.3. The van der Waals surface area contributed by atoms with Crippen molar-refractivity contribution in [2.75, 3.05) is 6.79 Å². The van der Waals surface area contributed by atoms with Crippen molar-refractivity contribution in [2.24, 2.45) is 0 Å². The lowest BCUT2D eigenvalue weighted by Gasteiger charge is -2.21. The summed E-state index contributed by atoms with van der Waals surface area (Å²) in [6.07, 6.45) is 0.259. The highest BCUT2D eigenvalue weighted by Gasteiger charge is 2.17. The SMILES string of the molecule is Cc1cc(C)n(CCC(=O)OCc2cc(Cl)cc3c2OCOC3)n1. The number of carbonyl (C=O) groups is 1. The van der Waals surface area contributed by atoms with Crippen molar-refractivity contribution in [3.63, 3.8) is 0 Å². The molecule has 1 aromatic heterocycles. The molecule has 24 heavy (non-hydrogen) atoms. The van der Waals surface area contributed by atoms with E-state index in [1.807, 2.05) is 19.9 Å². The summed E-state index contributed by atoms with van der Waals surface area (Å²) in [6.45, 7) is 5.13. The number of aromatic nitrogens is 2. The summed E-state index contributed by atoms with van der Waals surface area (Å²) < 4.78 is 17.9. The fourth-order valence-corrected chi connectivity index (χ4v) is 2.96. The van der Waals surface area contributed by atoms with Crippen LogP contribution in [0.1, 0.15) is 28.9 Å². The average molecular weight is 351 g/mol. The molecule has 0 aliphatic carbocycles. The third-order valence-electron chi connectivity index (χ3n) is 3.77. The van der Waals surface area contributed by atoms with Crippen molar-refractivity contribution in [3.05, 3.63) is 45.7 Å². The number of esters is 1. The molecule has 0 amide bonds. The topological polar surface area (TPSA) is 62.6 Å². The van der Waals surface area contributed by atoms with Crippen LogP contribution in [0.4, 0.5) is 0 Å². The fraction of sp³-hybridized carbons (Fsp3) is 0.412. The second-order valence-electron chi connectivity index (χ2n) is 5.72. The molecule has 1 aliphatic heterocycles. The predicted molar refractivity (Wildman–Crippen MR) is 87.9 cm³/mol. The van der Waals surface area contributed by atoms with Gasteiger partial charge < -0.3 is 14.2 Å². The molecule has 0 saturated heterocycles. The van der Waals surface area contributed by atoms with Crippen LogP contribution >= 0.6 is 11.6 Å². The van der Waals surface area contributed by atoms with Gasteiger partial charge in [0, 0.05) is 21.8 Å². The van der Waals surface area contributed by atoms with Crippen LogP contribution in [0.25, 0.3) is 0 Å². The summed E-state index contributed by atoms with van der Waals surface area (Å²) in [5, 5.41) is 4.89. The molecule has 1 aromatic carbocycles. The van der Waals surface area contributed by atoms with E-state index in [1.54, 1.807) is 16.8 Å². The van der Waals surface area contributed by atoms with Crippen molar-refractivity contribution in [3.8, 4) is 5.75 Å². The Hall–Kier alpha value is -2.05. The third-order valence-corrected chi connectivity index (χ3v) is 3.99. The Morgan fingerprint density at radius 1 is 1.38 bits per heavy atom. The molecule has 6 nitrogen and oxygen atoms in total. The molecule has 0 spiro atoms. The van der Waals surface area contributed by atoms with E-state index in [-0.39, 0.29) is 25.8 Å². The molecule has 7 heteroatoms. The van der Waals surface area contributed by atoms with Gasteiger partial charge in [-0.1, -0.05) is 11.6 Å². The number of nitrogens with zero attached hydrogens (tertiary/aromatic N) is 2. The van der Waals surface area contributed by atoms with Gasteiger partial charge >= 0.3 is 5.97 Å². The predicted octanol–water partition coefficient (Wildman–Crippen LogP) is 3.15. The Kier molecular flexibility index (Phi) is 5.06. The maximum Gasteiger partial charge on any atom is 0.308 e. The number of rotatable bonds is 5. The Balaban J connectivity index is 1.58. The van der Waals surface area contributed by atoms with Gasteiger partial charge in [-0.05, 0) is 32.0 Å². The second kappa shape index (κ2) is 7.23. The van der Waals surface area contributed by atoms with E-state index in [0.29, 0.717) is 23.9 Å². The van der Waals surface area contributed by atoms with Gasteiger partial charge in [0.25, 0.3) is 0 Å². The van der Waals surface area contributed by atoms with E-state index < -0.39 is 0 Å². The molecule has 0 N–H and O–H groups in total. The van der Waals surface area contributed by atoms with E-state index in [9.17, 15) is 4.79 Å². The Bertz CT molecular complexity index is 757. The van der Waals surface area contributed by atoms with Crippen molar-refractivity contribution >= 4 is 17.6 Å². The molecular weight excluding hydrogens is 332 g/mol. The molecular formula is C17H19ClN2O4. The number of carbonyl (C=O) groups excluding carboxylic acids is 1. The van der Waals surface area contributed by atoms with E-state index in [0.717, 1.165) is 22.5 Å². The number of ether oxygens (including phenoxy) is 3. The maximum absolute atomic E-state index is 12.0. The Morgan fingerprint density at radius 2 is 2.21 bits per heavy atom. The molecule has 2 heterocycles. The van der Waals surface area contributed by atoms with Crippen LogP contribution in [0.2, 0.25) is 5.02 Å². The van der Waals surface area contributed by atoms with Gasteiger partial charge in [0.15, 0.2) is 6.79 Å². The van der Waals surface area contributed by atoms with Gasteiger partial charge in [-0.3, -0.25) is 9.48 Å². The molecule has 0 bridgehead atoms. The summed E-state index contributed by atoms with van der Waals surface area (Å²) in [5.74, 6) is 0.403. The van der Waals surface area contributed by atoms with Crippen molar-refractivity contribution < 1.29 is 19.0 Å². The minimum atomic E-state index is -0.289. The van der Waals surface area contributed by atoms with Gasteiger partial charge in [-0.25, -0.2) is 0 Å². The van der Waals surface area contributed by atoms with Crippen molar-refractivity contribution in [2.45, 2.75) is 40.0 Å². The van der Waals surface area contributed by atoms with Gasteiger partial charge in [-0.2, -0.15) is 5.10 Å². The van der Waals surface area contributed by atoms with Crippen LogP contribution in [0.15, 0.2) is 18.2 Å². The highest BCUT2D eigenvalue weighted by atomic mass is 35.5. The Morgan fingerprint density at radius 3 is 2.96 bits per heavy atom. The number of halogens is 1. The van der Waals surface area contributed by atoms with Gasteiger partial charge in [0.2, 0.25) is 0 Å². The lowest BCUT2D eigenvalue weighted by Crippen LogP contribution is -2.15. The molecule has 0 unspecified atom stereocenters. The number of aryl methyl sites for hydroxylation is 3. The highest BCUT2D eigenvalue weighted by Crippen LogP contribution is 2.32. The number of hydrogen-bond acceptors (Lipinski definition) is 5. The number of hydrogen-bond donors (Lipinski definition) is 0. The van der Waals surface area contributed by atoms with E-state index in [2.05, 4.69) is 5.10 Å². The molecule has 3 rings (SSSR count). The monoisotopic (exact) mass is 350 g/mol. The first-order chi connectivity index (χ1) is 11.5. The quantitative estimate of drug-likeness (QED) is 0.775.